The van der Waals surface area contributed by atoms with Crippen LogP contribution >= 0.6 is 0 Å². The van der Waals surface area contributed by atoms with Gasteiger partial charge in [0.25, 0.3) is 0 Å². The van der Waals surface area contributed by atoms with Gasteiger partial charge in [0.1, 0.15) is 12.4 Å². The molecule has 1 aliphatic heterocycles. The van der Waals surface area contributed by atoms with Gasteiger partial charge < -0.3 is 20.7 Å². The van der Waals surface area contributed by atoms with E-state index in [0.29, 0.717) is 12.1 Å². The molecular formula is C22H28N4O5S. The van der Waals surface area contributed by atoms with Gasteiger partial charge in [-0.2, -0.15) is 0 Å². The molecule has 2 amide bonds. The number of nitrogens with one attached hydrogen (secondary N) is 2. The van der Waals surface area contributed by atoms with Crippen molar-refractivity contribution in [3.63, 3.8) is 0 Å². The van der Waals surface area contributed by atoms with Gasteiger partial charge in [-0.15, -0.1) is 0 Å². The number of carbonyl (C=O) groups excluding carboxylic acids is 2. The van der Waals surface area contributed by atoms with Crippen LogP contribution in [0.1, 0.15) is 38.3 Å². The Morgan fingerprint density at radius 2 is 1.78 bits per heavy atom. The molecule has 4 N–H and O–H groups in total. The average Bonchev–Trinajstić information content (AvgIpc) is 2.74. The van der Waals surface area contributed by atoms with Crippen LogP contribution in [0.5, 0.6) is 0 Å². The second-order valence-corrected chi connectivity index (χ2v) is 9.47. The Morgan fingerprint density at radius 3 is 2.44 bits per heavy atom. The minimum atomic E-state index is -3.68. The zero-order valence-corrected chi connectivity index (χ0v) is 18.9. The lowest BCUT2D eigenvalue weighted by Crippen LogP contribution is -2.44. The lowest BCUT2D eigenvalue weighted by Gasteiger charge is -2.40. The minimum Gasteiger partial charge on any atom is -0.449 e. The van der Waals surface area contributed by atoms with Crippen LogP contribution in [-0.4, -0.2) is 38.8 Å². The molecule has 0 aromatic heterocycles. The largest absolute Gasteiger partial charge is 0.449 e. The molecule has 0 saturated carbocycles. The summed E-state index contributed by atoms with van der Waals surface area (Å²) in [7, 11) is -3.68. The summed E-state index contributed by atoms with van der Waals surface area (Å²) in [5, 5.41) is 3.50. The van der Waals surface area contributed by atoms with Crippen LogP contribution in [0.2, 0.25) is 0 Å². The number of para-hydroxylation sites is 1. The first-order chi connectivity index (χ1) is 15.2. The van der Waals surface area contributed by atoms with Gasteiger partial charge in [-0.25, -0.2) is 13.2 Å². The summed E-state index contributed by atoms with van der Waals surface area (Å²) in [5.41, 5.74) is 8.02. The van der Waals surface area contributed by atoms with Crippen molar-refractivity contribution in [2.45, 2.75) is 38.8 Å². The third kappa shape index (κ3) is 5.70. The molecule has 10 heteroatoms. The fourth-order valence-corrected chi connectivity index (χ4v) is 4.72. The first-order valence-electron chi connectivity index (χ1n) is 10.4. The van der Waals surface area contributed by atoms with E-state index in [1.165, 1.54) is 0 Å². The Kier molecular flexibility index (Phi) is 7.24. The Morgan fingerprint density at radius 1 is 1.12 bits per heavy atom. The fourth-order valence-electron chi connectivity index (χ4n) is 3.82. The molecule has 2 aromatic rings. The molecule has 1 heterocycles. The van der Waals surface area contributed by atoms with Gasteiger partial charge in [-0.1, -0.05) is 25.1 Å². The number of ether oxygens (including phenoxy) is 1. The van der Waals surface area contributed by atoms with E-state index in [2.05, 4.69) is 14.8 Å². The highest BCUT2D eigenvalue weighted by Gasteiger charge is 2.32. The fraction of sp³-hybridized carbons (Fsp3) is 0.364. The van der Waals surface area contributed by atoms with Gasteiger partial charge in [-0.05, 0) is 49.2 Å². The second kappa shape index (κ2) is 9.90. The molecule has 0 fully saturated rings. The zero-order chi connectivity index (χ0) is 23.3. The van der Waals surface area contributed by atoms with Crippen molar-refractivity contribution >= 4 is 39.1 Å². The number of nitrogens with two attached hydrogens (primary N) is 1. The van der Waals surface area contributed by atoms with Gasteiger partial charge in [0, 0.05) is 29.5 Å². The van der Waals surface area contributed by atoms with E-state index >= 15 is 0 Å². The topological polar surface area (TPSA) is 131 Å². The molecule has 0 radical (unpaired) electrons. The number of anilines is 3. The maximum atomic E-state index is 12.5. The summed E-state index contributed by atoms with van der Waals surface area (Å²) in [6.45, 7) is 3.59. The summed E-state index contributed by atoms with van der Waals surface area (Å²) in [6.07, 6.45) is 0.177. The molecule has 1 aliphatic rings. The first kappa shape index (κ1) is 23.4. The molecular weight excluding hydrogens is 432 g/mol. The van der Waals surface area contributed by atoms with Crippen molar-refractivity contribution in [2.75, 3.05) is 27.3 Å². The van der Waals surface area contributed by atoms with Gasteiger partial charge >= 0.3 is 6.09 Å². The highest BCUT2D eigenvalue weighted by molar-refractivity contribution is 7.92. The van der Waals surface area contributed by atoms with Gasteiger partial charge in [0.2, 0.25) is 15.9 Å². The number of fused-ring (bicyclic) bond motifs is 1. The normalized spacial score (nSPS) is 17.9. The molecule has 172 valence electrons. The Hall–Kier alpha value is -3.27. The van der Waals surface area contributed by atoms with Crippen LogP contribution in [-0.2, 0) is 19.6 Å². The number of rotatable bonds is 8. The monoisotopic (exact) mass is 460 g/mol. The second-order valence-electron chi connectivity index (χ2n) is 7.62. The summed E-state index contributed by atoms with van der Waals surface area (Å²) >= 11 is 0. The summed E-state index contributed by atoms with van der Waals surface area (Å²) in [4.78, 5) is 24.9. The van der Waals surface area contributed by atoms with E-state index in [1.807, 2.05) is 43.0 Å². The smallest absolute Gasteiger partial charge is 0.404 e. The van der Waals surface area contributed by atoms with Crippen LogP contribution in [0.25, 0.3) is 0 Å². The molecule has 0 unspecified atom stereocenters. The molecule has 0 bridgehead atoms. The standard InChI is InChI=1S/C22H28N4O5S/c1-3-21(27)26-15(2)14-19(18-6-4-5-7-20(18)26)24-16-8-10-17(11-9-16)25-32(29,30)13-12-31-22(23)28/h4-11,15,19,24-25H,3,12-14H2,1-2H3,(H2,23,28)/t15-,19+/m0/s1. The molecule has 0 saturated heterocycles. The van der Waals surface area contributed by atoms with Crippen LogP contribution in [0.15, 0.2) is 48.5 Å². The van der Waals surface area contributed by atoms with E-state index in [0.717, 1.165) is 23.4 Å². The van der Waals surface area contributed by atoms with Crippen molar-refractivity contribution in [2.24, 2.45) is 5.73 Å². The summed E-state index contributed by atoms with van der Waals surface area (Å²) in [6, 6.07) is 14.8. The lowest BCUT2D eigenvalue weighted by molar-refractivity contribution is -0.118. The third-order valence-electron chi connectivity index (χ3n) is 5.26. The van der Waals surface area contributed by atoms with Crippen molar-refractivity contribution in [1.29, 1.82) is 0 Å². The zero-order valence-electron chi connectivity index (χ0n) is 18.1. The number of benzene rings is 2. The van der Waals surface area contributed by atoms with Crippen molar-refractivity contribution < 1.29 is 22.7 Å². The number of hydrogen-bond acceptors (Lipinski definition) is 6. The highest BCUT2D eigenvalue weighted by atomic mass is 32.2. The van der Waals surface area contributed by atoms with Gasteiger partial charge in [0.05, 0.1) is 6.04 Å². The third-order valence-corrected chi connectivity index (χ3v) is 6.51. The van der Waals surface area contributed by atoms with Crippen molar-refractivity contribution in [1.82, 2.24) is 0 Å². The SMILES string of the molecule is CCC(=O)N1c2ccccc2[C@H](Nc2ccc(NS(=O)(=O)CCOC(N)=O)cc2)C[C@@H]1C. The van der Waals surface area contributed by atoms with E-state index in [1.54, 1.807) is 24.3 Å². The maximum absolute atomic E-state index is 12.5. The number of hydrogen-bond donors (Lipinski definition) is 3. The molecule has 0 aliphatic carbocycles. The molecule has 32 heavy (non-hydrogen) atoms. The van der Waals surface area contributed by atoms with Gasteiger partial charge in [0.15, 0.2) is 0 Å². The molecule has 0 spiro atoms. The van der Waals surface area contributed by atoms with E-state index in [4.69, 9.17) is 5.73 Å². The number of carbonyl (C=O) groups is 2. The quantitative estimate of drug-likeness (QED) is 0.554. The maximum Gasteiger partial charge on any atom is 0.404 e. The average molecular weight is 461 g/mol. The Bertz CT molecular complexity index is 1070. The van der Waals surface area contributed by atoms with Crippen LogP contribution < -0.4 is 20.7 Å². The lowest BCUT2D eigenvalue weighted by atomic mass is 9.91. The number of amides is 2. The minimum absolute atomic E-state index is 0.00981. The predicted octanol–water partition coefficient (Wildman–Crippen LogP) is 3.21. The number of sulfonamides is 1. The highest BCUT2D eigenvalue weighted by Crippen LogP contribution is 2.39. The predicted molar refractivity (Wildman–Crippen MR) is 124 cm³/mol. The van der Waals surface area contributed by atoms with E-state index in [-0.39, 0.29) is 30.4 Å². The van der Waals surface area contributed by atoms with E-state index in [9.17, 15) is 18.0 Å². The number of nitrogens with zero attached hydrogens (tertiary/aromatic N) is 1. The van der Waals surface area contributed by atoms with Crippen LogP contribution in [0, 0.1) is 0 Å². The number of primary amides is 1. The molecule has 9 nitrogen and oxygen atoms in total. The molecule has 2 aromatic carbocycles. The molecule has 3 rings (SSSR count). The van der Waals surface area contributed by atoms with Crippen LogP contribution in [0.4, 0.5) is 21.9 Å². The first-order valence-corrected chi connectivity index (χ1v) is 12.1. The molecule has 2 atom stereocenters. The summed E-state index contributed by atoms with van der Waals surface area (Å²) < 4.78 is 31.1. The Balaban J connectivity index is 1.70. The van der Waals surface area contributed by atoms with Crippen LogP contribution in [0.3, 0.4) is 0 Å². The van der Waals surface area contributed by atoms with E-state index < -0.39 is 16.1 Å². The Labute approximate surface area is 188 Å². The van der Waals surface area contributed by atoms with Gasteiger partial charge in [-0.3, -0.25) is 9.52 Å². The van der Waals surface area contributed by atoms with Crippen molar-refractivity contribution in [3.05, 3.63) is 54.1 Å². The summed E-state index contributed by atoms with van der Waals surface area (Å²) in [5.74, 6) is -0.291. The van der Waals surface area contributed by atoms with Crippen molar-refractivity contribution in [3.8, 4) is 0 Å².